The number of benzene rings is 1. The lowest BCUT2D eigenvalue weighted by molar-refractivity contribution is 0.0821. The summed E-state index contributed by atoms with van der Waals surface area (Å²) in [5, 5.41) is 6.57. The van der Waals surface area contributed by atoms with Gasteiger partial charge in [0.2, 0.25) is 0 Å². The fourth-order valence-corrected chi connectivity index (χ4v) is 2.94. The lowest BCUT2D eigenvalue weighted by Crippen LogP contribution is -2.29. The summed E-state index contributed by atoms with van der Waals surface area (Å²) in [6.45, 7) is 1.54. The van der Waals surface area contributed by atoms with Crippen molar-refractivity contribution in [1.82, 2.24) is 34.9 Å². The minimum Gasteiger partial charge on any atom is -0.343 e. The first-order chi connectivity index (χ1) is 15.6. The molecule has 0 saturated heterocycles. The summed E-state index contributed by atoms with van der Waals surface area (Å²) in [6, 6.07) is 2.93. The number of rotatable bonds is 7. The van der Waals surface area contributed by atoms with Crippen molar-refractivity contribution in [2.24, 2.45) is 0 Å². The lowest BCUT2D eigenvalue weighted by atomic mass is 10.0. The highest BCUT2D eigenvalue weighted by Gasteiger charge is 2.22. The van der Waals surface area contributed by atoms with Crippen molar-refractivity contribution in [3.8, 4) is 5.82 Å². The largest absolute Gasteiger partial charge is 0.343 e. The molecule has 0 aliphatic rings. The molecule has 3 rings (SSSR count). The molecule has 2 amide bonds. The van der Waals surface area contributed by atoms with Gasteiger partial charge in [-0.05, 0) is 25.1 Å². The van der Waals surface area contributed by atoms with Gasteiger partial charge in [-0.3, -0.25) is 9.59 Å². The molecular weight excluding hydrogens is 446 g/mol. The van der Waals surface area contributed by atoms with Crippen LogP contribution >= 0.6 is 0 Å². The number of alkyl halides is 4. The molecule has 0 spiro atoms. The molecule has 33 heavy (non-hydrogen) atoms. The van der Waals surface area contributed by atoms with Crippen LogP contribution in [0.5, 0.6) is 0 Å². The molecular formula is C20H19F4N7O2. The average Bonchev–Trinajstić information content (AvgIpc) is 3.28. The molecule has 2 heterocycles. The van der Waals surface area contributed by atoms with Crippen molar-refractivity contribution in [2.75, 3.05) is 14.1 Å². The molecule has 0 aliphatic heterocycles. The van der Waals surface area contributed by atoms with E-state index >= 15 is 0 Å². The molecule has 9 nitrogen and oxygen atoms in total. The number of nitrogens with zero attached hydrogens (tertiary/aromatic N) is 6. The van der Waals surface area contributed by atoms with E-state index in [1.54, 1.807) is 14.1 Å². The quantitative estimate of drug-likeness (QED) is 0.538. The summed E-state index contributed by atoms with van der Waals surface area (Å²) in [5.41, 5.74) is -1.62. The van der Waals surface area contributed by atoms with Gasteiger partial charge in [0.25, 0.3) is 24.7 Å². The van der Waals surface area contributed by atoms with E-state index in [-0.39, 0.29) is 28.8 Å². The van der Waals surface area contributed by atoms with Gasteiger partial charge in [-0.15, -0.1) is 0 Å². The van der Waals surface area contributed by atoms with E-state index in [4.69, 9.17) is 0 Å². The highest BCUT2D eigenvalue weighted by molar-refractivity contribution is 5.95. The Balaban J connectivity index is 1.87. The van der Waals surface area contributed by atoms with E-state index in [9.17, 15) is 27.2 Å². The fourth-order valence-electron chi connectivity index (χ4n) is 2.94. The molecule has 1 N–H and O–H groups in total. The number of aromatic nitrogens is 5. The van der Waals surface area contributed by atoms with Crippen molar-refractivity contribution in [2.45, 2.75) is 25.8 Å². The highest BCUT2D eigenvalue weighted by atomic mass is 19.3. The van der Waals surface area contributed by atoms with Gasteiger partial charge in [0.1, 0.15) is 18.3 Å². The minimum atomic E-state index is -3.02. The first-order valence-corrected chi connectivity index (χ1v) is 9.54. The van der Waals surface area contributed by atoms with Crippen molar-refractivity contribution in [3.05, 3.63) is 65.1 Å². The van der Waals surface area contributed by atoms with Gasteiger partial charge in [0.15, 0.2) is 11.6 Å². The highest BCUT2D eigenvalue weighted by Crippen LogP contribution is 2.27. The van der Waals surface area contributed by atoms with Crippen molar-refractivity contribution in [3.63, 3.8) is 0 Å². The Labute approximate surface area is 185 Å². The third-order valence-electron chi connectivity index (χ3n) is 4.55. The number of hydrogen-bond acceptors (Lipinski definition) is 6. The fraction of sp³-hybridized carbons (Fsp3) is 0.300. The molecule has 1 atom stereocenters. The number of hydrogen-bond donors (Lipinski definition) is 1. The van der Waals surface area contributed by atoms with E-state index in [1.807, 2.05) is 0 Å². The Kier molecular flexibility index (Phi) is 6.99. The second-order valence-corrected chi connectivity index (χ2v) is 7.18. The normalized spacial score (nSPS) is 12.2. The average molecular weight is 465 g/mol. The molecule has 0 aliphatic carbocycles. The standard InChI is InChI=1S/C20H19F4N7O2/c1-10(29-19(32)13-5-11(16(21)22)4-12(6-13)17(23)24)18-27-9-28-31(18)15-7-14(25-8-26-15)20(33)30(2)3/h4-10,16-17H,1-3H3,(H,29,32)/t10-/m0/s1. The van der Waals surface area contributed by atoms with Gasteiger partial charge in [-0.25, -0.2) is 32.5 Å². The van der Waals surface area contributed by atoms with Crippen molar-refractivity contribution >= 4 is 11.8 Å². The predicted molar refractivity (Wildman–Crippen MR) is 107 cm³/mol. The van der Waals surface area contributed by atoms with Crippen LogP contribution in [0.2, 0.25) is 0 Å². The SMILES string of the molecule is C[C@H](NC(=O)c1cc(C(F)F)cc(C(F)F)c1)c1ncnn1-c1cc(C(=O)N(C)C)ncn1. The van der Waals surface area contributed by atoms with Crippen molar-refractivity contribution < 1.29 is 27.2 Å². The van der Waals surface area contributed by atoms with Gasteiger partial charge >= 0.3 is 0 Å². The second-order valence-electron chi connectivity index (χ2n) is 7.18. The first-order valence-electron chi connectivity index (χ1n) is 9.54. The van der Waals surface area contributed by atoms with Gasteiger partial charge in [-0.1, -0.05) is 0 Å². The lowest BCUT2D eigenvalue weighted by Gasteiger charge is -2.16. The summed E-state index contributed by atoms with van der Waals surface area (Å²) in [7, 11) is 3.12. The van der Waals surface area contributed by atoms with Crippen LogP contribution in [0.25, 0.3) is 5.82 Å². The number of carbonyl (C=O) groups is 2. The van der Waals surface area contributed by atoms with E-state index in [1.165, 1.54) is 35.2 Å². The number of halogens is 4. The molecule has 174 valence electrons. The maximum absolute atomic E-state index is 13.1. The monoisotopic (exact) mass is 465 g/mol. The third-order valence-corrected chi connectivity index (χ3v) is 4.55. The van der Waals surface area contributed by atoms with Gasteiger partial charge < -0.3 is 10.2 Å². The predicted octanol–water partition coefficient (Wildman–Crippen LogP) is 3.13. The molecule has 0 radical (unpaired) electrons. The second kappa shape index (κ2) is 9.71. The Morgan fingerprint density at radius 2 is 1.58 bits per heavy atom. The van der Waals surface area contributed by atoms with Crippen LogP contribution in [-0.2, 0) is 0 Å². The van der Waals surface area contributed by atoms with Crippen LogP contribution in [-0.4, -0.2) is 55.5 Å². The number of amides is 2. The van der Waals surface area contributed by atoms with Crippen LogP contribution in [0, 0.1) is 0 Å². The zero-order chi connectivity index (χ0) is 24.3. The zero-order valence-corrected chi connectivity index (χ0v) is 17.7. The first kappa shape index (κ1) is 23.8. The van der Waals surface area contributed by atoms with Gasteiger partial charge in [0.05, 0.1) is 6.04 Å². The van der Waals surface area contributed by atoms with Crippen LogP contribution in [0.1, 0.15) is 63.6 Å². The van der Waals surface area contributed by atoms with Crippen LogP contribution in [0.3, 0.4) is 0 Å². The Morgan fingerprint density at radius 1 is 0.939 bits per heavy atom. The molecule has 0 unspecified atom stereocenters. The maximum atomic E-state index is 13.1. The summed E-state index contributed by atoms with van der Waals surface area (Å²) in [4.78, 5) is 38.2. The summed E-state index contributed by atoms with van der Waals surface area (Å²) < 4.78 is 53.6. The number of carbonyl (C=O) groups excluding carboxylic acids is 2. The third kappa shape index (κ3) is 5.30. The molecule has 0 fully saturated rings. The number of nitrogens with one attached hydrogen (secondary N) is 1. The maximum Gasteiger partial charge on any atom is 0.272 e. The summed E-state index contributed by atoms with van der Waals surface area (Å²) in [6.07, 6.45) is -3.68. The molecule has 0 saturated carbocycles. The van der Waals surface area contributed by atoms with Gasteiger partial charge in [-0.2, -0.15) is 9.78 Å². The van der Waals surface area contributed by atoms with E-state index in [0.29, 0.717) is 6.07 Å². The topological polar surface area (TPSA) is 106 Å². The van der Waals surface area contributed by atoms with E-state index < -0.39 is 35.9 Å². The zero-order valence-electron chi connectivity index (χ0n) is 17.7. The van der Waals surface area contributed by atoms with E-state index in [2.05, 4.69) is 25.4 Å². The summed E-state index contributed by atoms with van der Waals surface area (Å²) in [5.74, 6) is -0.823. The Hall–Kier alpha value is -3.90. The van der Waals surface area contributed by atoms with Crippen molar-refractivity contribution in [1.29, 1.82) is 0 Å². The Bertz CT molecular complexity index is 1140. The Morgan fingerprint density at radius 3 is 2.15 bits per heavy atom. The smallest absolute Gasteiger partial charge is 0.272 e. The van der Waals surface area contributed by atoms with Crippen LogP contribution in [0.4, 0.5) is 17.6 Å². The molecule has 1 aromatic carbocycles. The van der Waals surface area contributed by atoms with Crippen LogP contribution in [0.15, 0.2) is 36.9 Å². The molecule has 13 heteroatoms. The minimum absolute atomic E-state index is 0.103. The molecule has 0 bridgehead atoms. The van der Waals surface area contributed by atoms with E-state index in [0.717, 1.165) is 12.1 Å². The summed E-state index contributed by atoms with van der Waals surface area (Å²) >= 11 is 0. The molecule has 2 aromatic heterocycles. The molecule has 3 aromatic rings. The van der Waals surface area contributed by atoms with Gasteiger partial charge in [0, 0.05) is 36.9 Å². The van der Waals surface area contributed by atoms with Crippen LogP contribution < -0.4 is 5.32 Å².